The quantitative estimate of drug-likeness (QED) is 0.652. The van der Waals surface area contributed by atoms with Gasteiger partial charge in [0.1, 0.15) is 11.4 Å². The number of rotatable bonds is 3. The monoisotopic (exact) mass is 269 g/mol. The van der Waals surface area contributed by atoms with E-state index in [0.29, 0.717) is 17.1 Å². The fraction of sp³-hybridized carbons (Fsp3) is 0.133. The number of hydrogen-bond donors (Lipinski definition) is 2. The van der Waals surface area contributed by atoms with Crippen LogP contribution < -0.4 is 5.73 Å². The first kappa shape index (κ1) is 13.7. The standard InChI is InChI=1S/C15H15N3O2/c1-9-7-8-13(14(16)10(9)2)18-17-12-6-4-3-5-11(12)15(19)20/h3-8H,16H2,1-2H3,(H,19,20). The summed E-state index contributed by atoms with van der Waals surface area (Å²) >= 11 is 0. The van der Waals surface area contributed by atoms with E-state index in [-0.39, 0.29) is 5.56 Å². The number of carboxylic acids is 1. The molecule has 0 radical (unpaired) electrons. The maximum atomic E-state index is 11.1. The Labute approximate surface area is 116 Å². The summed E-state index contributed by atoms with van der Waals surface area (Å²) in [6, 6.07) is 10.1. The minimum Gasteiger partial charge on any atom is -0.478 e. The van der Waals surface area contributed by atoms with Gasteiger partial charge in [-0.2, -0.15) is 0 Å². The van der Waals surface area contributed by atoms with E-state index in [4.69, 9.17) is 10.8 Å². The van der Waals surface area contributed by atoms with Crippen LogP contribution >= 0.6 is 0 Å². The Balaban J connectivity index is 2.40. The average Bonchev–Trinajstić information content (AvgIpc) is 2.44. The van der Waals surface area contributed by atoms with Crippen molar-refractivity contribution in [2.45, 2.75) is 13.8 Å². The first-order chi connectivity index (χ1) is 9.50. The molecule has 0 saturated heterocycles. The van der Waals surface area contributed by atoms with Crippen LogP contribution in [0.3, 0.4) is 0 Å². The first-order valence-electron chi connectivity index (χ1n) is 6.10. The molecular formula is C15H15N3O2. The molecule has 2 rings (SSSR count). The molecule has 0 unspecified atom stereocenters. The third-order valence-electron chi connectivity index (χ3n) is 3.16. The van der Waals surface area contributed by atoms with E-state index < -0.39 is 5.97 Å². The highest BCUT2D eigenvalue weighted by Crippen LogP contribution is 2.30. The molecule has 20 heavy (non-hydrogen) atoms. The van der Waals surface area contributed by atoms with Crippen LogP contribution in [0.2, 0.25) is 0 Å². The second-order valence-electron chi connectivity index (χ2n) is 4.46. The Morgan fingerprint density at radius 3 is 2.40 bits per heavy atom. The van der Waals surface area contributed by atoms with Gasteiger partial charge in [0, 0.05) is 0 Å². The van der Waals surface area contributed by atoms with Gasteiger partial charge in [0.25, 0.3) is 0 Å². The minimum atomic E-state index is -1.03. The zero-order chi connectivity index (χ0) is 14.7. The highest BCUT2D eigenvalue weighted by atomic mass is 16.4. The van der Waals surface area contributed by atoms with Gasteiger partial charge in [-0.1, -0.05) is 18.2 Å². The second kappa shape index (κ2) is 5.52. The van der Waals surface area contributed by atoms with Crippen LogP contribution in [0.5, 0.6) is 0 Å². The lowest BCUT2D eigenvalue weighted by atomic mass is 10.1. The Morgan fingerprint density at radius 1 is 1.05 bits per heavy atom. The molecule has 0 fully saturated rings. The van der Waals surface area contributed by atoms with Crippen LogP contribution in [0.15, 0.2) is 46.6 Å². The molecule has 102 valence electrons. The summed E-state index contributed by atoms with van der Waals surface area (Å²) in [4.78, 5) is 11.1. The van der Waals surface area contributed by atoms with Crippen molar-refractivity contribution in [1.29, 1.82) is 0 Å². The van der Waals surface area contributed by atoms with Crippen molar-refractivity contribution in [2.24, 2.45) is 10.2 Å². The summed E-state index contributed by atoms with van der Waals surface area (Å²) in [5.74, 6) is -1.03. The molecule has 0 aliphatic rings. The third kappa shape index (κ3) is 2.66. The van der Waals surface area contributed by atoms with Crippen LogP contribution in [0.25, 0.3) is 0 Å². The molecule has 0 heterocycles. The summed E-state index contributed by atoms with van der Waals surface area (Å²) in [5.41, 5.74) is 9.51. The van der Waals surface area contributed by atoms with Gasteiger partial charge in [-0.25, -0.2) is 4.79 Å². The molecule has 2 aromatic rings. The van der Waals surface area contributed by atoms with Gasteiger partial charge in [0.15, 0.2) is 0 Å². The number of hydrogen-bond acceptors (Lipinski definition) is 4. The lowest BCUT2D eigenvalue weighted by molar-refractivity contribution is 0.0698. The van der Waals surface area contributed by atoms with Crippen molar-refractivity contribution in [3.63, 3.8) is 0 Å². The van der Waals surface area contributed by atoms with Crippen molar-refractivity contribution in [1.82, 2.24) is 0 Å². The number of carbonyl (C=O) groups is 1. The van der Waals surface area contributed by atoms with Crippen LogP contribution in [0.1, 0.15) is 21.5 Å². The maximum Gasteiger partial charge on any atom is 0.337 e. The molecule has 2 aromatic carbocycles. The van der Waals surface area contributed by atoms with E-state index >= 15 is 0 Å². The smallest absolute Gasteiger partial charge is 0.337 e. The highest BCUT2D eigenvalue weighted by Gasteiger charge is 2.09. The van der Waals surface area contributed by atoms with Gasteiger partial charge in [-0.05, 0) is 43.2 Å². The summed E-state index contributed by atoms with van der Waals surface area (Å²) in [6.45, 7) is 3.88. The maximum absolute atomic E-state index is 11.1. The molecule has 0 aliphatic carbocycles. The number of azo groups is 1. The molecular weight excluding hydrogens is 254 g/mol. The number of nitrogens with zero attached hydrogens (tertiary/aromatic N) is 2. The SMILES string of the molecule is Cc1ccc(N=Nc2ccccc2C(=O)O)c(N)c1C. The molecule has 0 amide bonds. The largest absolute Gasteiger partial charge is 0.478 e. The zero-order valence-electron chi connectivity index (χ0n) is 11.3. The summed E-state index contributed by atoms with van der Waals surface area (Å²) < 4.78 is 0. The van der Waals surface area contributed by atoms with E-state index in [1.807, 2.05) is 19.9 Å². The Kier molecular flexibility index (Phi) is 3.79. The van der Waals surface area contributed by atoms with Gasteiger partial charge in [0.05, 0.1) is 11.3 Å². The summed E-state index contributed by atoms with van der Waals surface area (Å²) in [6.07, 6.45) is 0. The average molecular weight is 269 g/mol. The zero-order valence-corrected chi connectivity index (χ0v) is 11.3. The normalized spacial score (nSPS) is 10.9. The number of aromatic carboxylic acids is 1. The molecule has 5 nitrogen and oxygen atoms in total. The summed E-state index contributed by atoms with van der Waals surface area (Å²) in [5, 5.41) is 17.1. The highest BCUT2D eigenvalue weighted by molar-refractivity contribution is 5.93. The van der Waals surface area contributed by atoms with Crippen molar-refractivity contribution in [3.8, 4) is 0 Å². The Hall–Kier alpha value is -2.69. The first-order valence-corrected chi connectivity index (χ1v) is 6.10. The Bertz CT molecular complexity index is 694. The number of benzene rings is 2. The summed E-state index contributed by atoms with van der Waals surface area (Å²) in [7, 11) is 0. The van der Waals surface area contributed by atoms with Crippen molar-refractivity contribution in [3.05, 3.63) is 53.1 Å². The van der Waals surface area contributed by atoms with Gasteiger partial charge < -0.3 is 10.8 Å². The van der Waals surface area contributed by atoms with E-state index in [2.05, 4.69) is 10.2 Å². The molecule has 0 spiro atoms. The molecule has 0 saturated carbocycles. The fourth-order valence-corrected chi connectivity index (χ4v) is 1.76. The number of carboxylic acid groups (broad SMARTS) is 1. The van der Waals surface area contributed by atoms with Crippen LogP contribution in [-0.4, -0.2) is 11.1 Å². The van der Waals surface area contributed by atoms with Gasteiger partial charge >= 0.3 is 5.97 Å². The number of nitrogens with two attached hydrogens (primary N) is 1. The van der Waals surface area contributed by atoms with E-state index in [1.165, 1.54) is 6.07 Å². The van der Waals surface area contributed by atoms with E-state index in [9.17, 15) is 4.79 Å². The lowest BCUT2D eigenvalue weighted by Crippen LogP contribution is -1.95. The van der Waals surface area contributed by atoms with Gasteiger partial charge in [-0.3, -0.25) is 0 Å². The second-order valence-corrected chi connectivity index (χ2v) is 4.46. The van der Waals surface area contributed by atoms with Gasteiger partial charge in [-0.15, -0.1) is 10.2 Å². The third-order valence-corrected chi connectivity index (χ3v) is 3.16. The topological polar surface area (TPSA) is 88.0 Å². The van der Waals surface area contributed by atoms with E-state index in [0.717, 1.165) is 11.1 Å². The van der Waals surface area contributed by atoms with Crippen molar-refractivity contribution in [2.75, 3.05) is 5.73 Å². The lowest BCUT2D eigenvalue weighted by Gasteiger charge is -2.06. The minimum absolute atomic E-state index is 0.110. The van der Waals surface area contributed by atoms with Crippen LogP contribution in [-0.2, 0) is 0 Å². The van der Waals surface area contributed by atoms with Crippen LogP contribution in [0.4, 0.5) is 17.1 Å². The van der Waals surface area contributed by atoms with E-state index in [1.54, 1.807) is 24.3 Å². The predicted molar refractivity (Wildman–Crippen MR) is 77.9 cm³/mol. The molecule has 0 atom stereocenters. The molecule has 0 bridgehead atoms. The molecule has 0 aromatic heterocycles. The fourth-order valence-electron chi connectivity index (χ4n) is 1.76. The number of nitrogen functional groups attached to an aromatic ring is 1. The number of anilines is 1. The number of aryl methyl sites for hydroxylation is 1. The van der Waals surface area contributed by atoms with Gasteiger partial charge in [0.2, 0.25) is 0 Å². The predicted octanol–water partition coefficient (Wildman–Crippen LogP) is 4.00. The molecule has 3 N–H and O–H groups in total. The van der Waals surface area contributed by atoms with Crippen LogP contribution in [0, 0.1) is 13.8 Å². The molecule has 0 aliphatic heterocycles. The Morgan fingerprint density at radius 2 is 1.70 bits per heavy atom. The molecule has 5 heteroatoms. The van der Waals surface area contributed by atoms with Crippen molar-refractivity contribution < 1.29 is 9.90 Å². The van der Waals surface area contributed by atoms with Crippen molar-refractivity contribution >= 4 is 23.0 Å².